The lowest BCUT2D eigenvalue weighted by molar-refractivity contribution is 0.0928. The number of carbonyl (C=O) groups excluding carboxylic acids is 1. The predicted octanol–water partition coefficient (Wildman–Crippen LogP) is 7.35. The first-order valence-electron chi connectivity index (χ1n) is 13.2. The van der Waals surface area contributed by atoms with Crippen LogP contribution in [0.2, 0.25) is 5.02 Å². The number of anilines is 2. The van der Waals surface area contributed by atoms with E-state index in [2.05, 4.69) is 16.4 Å². The number of hydrogen-bond acceptors (Lipinski definition) is 7. The van der Waals surface area contributed by atoms with Gasteiger partial charge in [-0.3, -0.25) is 4.98 Å². The smallest absolute Gasteiger partial charge is 0.410 e. The fourth-order valence-corrected chi connectivity index (χ4v) is 4.84. The largest absolute Gasteiger partial charge is 0.493 e. The minimum absolute atomic E-state index is 0.0600. The molecule has 0 atom stereocenters. The summed E-state index contributed by atoms with van der Waals surface area (Å²) in [4.78, 5) is 19.2. The summed E-state index contributed by atoms with van der Waals surface area (Å²) in [6.07, 6.45) is 3.13. The first-order valence-corrected chi connectivity index (χ1v) is 13.6. The van der Waals surface area contributed by atoms with Crippen molar-refractivity contribution in [3.8, 4) is 17.6 Å². The number of pyridine rings is 1. The van der Waals surface area contributed by atoms with E-state index in [4.69, 9.17) is 25.8 Å². The molecule has 1 aromatic heterocycles. The monoisotopic (exact) mass is 574 g/mol. The van der Waals surface area contributed by atoms with Crippen LogP contribution in [0.15, 0.2) is 60.8 Å². The molecule has 0 fully saturated rings. The molecule has 1 aliphatic heterocycles. The van der Waals surface area contributed by atoms with Gasteiger partial charge in [0.05, 0.1) is 42.1 Å². The third kappa shape index (κ3) is 6.44. The molecule has 0 radical (unpaired) electrons. The number of fused-ring (bicyclic) bond motifs is 2. The van der Waals surface area contributed by atoms with Crippen LogP contribution < -0.4 is 14.8 Å². The second-order valence-corrected chi connectivity index (χ2v) is 10.0. The Morgan fingerprint density at radius 3 is 2.80 bits per heavy atom. The van der Waals surface area contributed by atoms with Crippen LogP contribution in [0.1, 0.15) is 36.0 Å². The van der Waals surface area contributed by atoms with Crippen molar-refractivity contribution in [1.29, 1.82) is 5.26 Å². The maximum absolute atomic E-state index is 14.8. The lowest BCUT2D eigenvalue weighted by Gasteiger charge is -2.24. The van der Waals surface area contributed by atoms with Crippen LogP contribution in [0.25, 0.3) is 10.9 Å². The van der Waals surface area contributed by atoms with Gasteiger partial charge in [0.25, 0.3) is 0 Å². The van der Waals surface area contributed by atoms with Gasteiger partial charge < -0.3 is 24.4 Å². The fraction of sp³-hybridized carbons (Fsp3) is 0.258. The highest BCUT2D eigenvalue weighted by Gasteiger charge is 2.21. The van der Waals surface area contributed by atoms with E-state index >= 15 is 0 Å². The quantitative estimate of drug-likeness (QED) is 0.273. The summed E-state index contributed by atoms with van der Waals surface area (Å²) in [7, 11) is 1.55. The molecule has 1 N–H and O–H groups in total. The number of nitrogens with one attached hydrogen (secondary N) is 1. The summed E-state index contributed by atoms with van der Waals surface area (Å²) >= 11 is 6.21. The van der Waals surface area contributed by atoms with E-state index in [-0.39, 0.29) is 23.7 Å². The minimum Gasteiger partial charge on any atom is -0.493 e. The molecule has 41 heavy (non-hydrogen) atoms. The second kappa shape index (κ2) is 12.7. The third-order valence-electron chi connectivity index (χ3n) is 6.83. The van der Waals surface area contributed by atoms with Crippen molar-refractivity contribution in [2.45, 2.75) is 32.4 Å². The molecule has 5 rings (SSSR count). The minimum atomic E-state index is -0.622. The van der Waals surface area contributed by atoms with E-state index in [1.165, 1.54) is 18.3 Å². The molecule has 0 aliphatic carbocycles. The average molecular weight is 575 g/mol. The average Bonchev–Trinajstić information content (AvgIpc) is 2.99. The Balaban J connectivity index is 1.56. The zero-order valence-corrected chi connectivity index (χ0v) is 23.2. The zero-order chi connectivity index (χ0) is 28.8. The van der Waals surface area contributed by atoms with Crippen LogP contribution in [-0.4, -0.2) is 36.2 Å². The summed E-state index contributed by atoms with van der Waals surface area (Å²) in [5.74, 6) is 0.407. The molecule has 1 amide bonds. The number of amides is 1. The molecular formula is C31H28ClFN4O4. The number of nitrogens with zero attached hydrogens (tertiary/aromatic N) is 3. The number of nitriles is 1. The summed E-state index contributed by atoms with van der Waals surface area (Å²) in [6, 6.07) is 17.8. The van der Waals surface area contributed by atoms with Gasteiger partial charge in [-0.25, -0.2) is 9.18 Å². The van der Waals surface area contributed by atoms with E-state index in [9.17, 15) is 14.4 Å². The molecule has 10 heteroatoms. The highest BCUT2D eigenvalue weighted by Crippen LogP contribution is 2.38. The van der Waals surface area contributed by atoms with Gasteiger partial charge in [0.1, 0.15) is 18.5 Å². The predicted molar refractivity (Wildman–Crippen MR) is 154 cm³/mol. The number of hydrogen-bond donors (Lipinski definition) is 1. The number of ether oxygens (including phenoxy) is 3. The van der Waals surface area contributed by atoms with Crippen molar-refractivity contribution in [2.24, 2.45) is 0 Å². The second-order valence-electron chi connectivity index (χ2n) is 9.60. The molecule has 0 unspecified atom stereocenters. The van der Waals surface area contributed by atoms with Gasteiger partial charge in [-0.05, 0) is 48.6 Å². The summed E-state index contributed by atoms with van der Waals surface area (Å²) in [5.41, 5.74) is 3.05. The highest BCUT2D eigenvalue weighted by molar-refractivity contribution is 6.31. The van der Waals surface area contributed by atoms with Crippen LogP contribution in [0.5, 0.6) is 11.5 Å². The standard InChI is InChI=1S/C31H28ClFN4O4/c1-39-28-15-27-23-13-29(28)40-11-7-3-6-10-37(31(38)41-19-20-8-4-2-5-9-20)18-21-12-25(33)24(32)14-26(21)36-30(23)22(16-34)17-35-27/h2,4-5,8-9,12-15,17,36H,3,6-7,10-11,18-19H2,1H3. The van der Waals surface area contributed by atoms with Crippen molar-refractivity contribution < 1.29 is 23.4 Å². The number of rotatable bonds is 3. The van der Waals surface area contributed by atoms with Gasteiger partial charge in [-0.2, -0.15) is 5.26 Å². The van der Waals surface area contributed by atoms with Gasteiger partial charge in [-0.15, -0.1) is 0 Å². The number of halogens is 2. The van der Waals surface area contributed by atoms with Gasteiger partial charge in [-0.1, -0.05) is 41.9 Å². The maximum Gasteiger partial charge on any atom is 0.410 e. The van der Waals surface area contributed by atoms with Crippen LogP contribution in [0, 0.1) is 17.1 Å². The molecular weight excluding hydrogens is 547 g/mol. The van der Waals surface area contributed by atoms with Crippen molar-refractivity contribution in [3.63, 3.8) is 0 Å². The highest BCUT2D eigenvalue weighted by atomic mass is 35.5. The molecule has 8 nitrogen and oxygen atoms in total. The van der Waals surface area contributed by atoms with Crippen molar-refractivity contribution in [3.05, 3.63) is 88.3 Å². The number of benzene rings is 3. The van der Waals surface area contributed by atoms with E-state index in [1.54, 1.807) is 24.1 Å². The van der Waals surface area contributed by atoms with E-state index in [1.807, 2.05) is 30.3 Å². The van der Waals surface area contributed by atoms with E-state index in [0.717, 1.165) is 18.4 Å². The first kappa shape index (κ1) is 28.0. The molecule has 0 saturated heterocycles. The Hall–Kier alpha value is -4.55. The number of methoxy groups -OCH3 is 1. The molecule has 0 spiro atoms. The molecule has 2 bridgehead atoms. The van der Waals surface area contributed by atoms with Crippen LogP contribution in [0.3, 0.4) is 0 Å². The lowest BCUT2D eigenvalue weighted by Crippen LogP contribution is -2.32. The van der Waals surface area contributed by atoms with Crippen LogP contribution >= 0.6 is 11.6 Å². The lowest BCUT2D eigenvalue weighted by atomic mass is 10.1. The van der Waals surface area contributed by atoms with Crippen LogP contribution in [0.4, 0.5) is 20.6 Å². The first-order chi connectivity index (χ1) is 20.0. The topological polar surface area (TPSA) is 96.7 Å². The Kier molecular flexibility index (Phi) is 8.70. The van der Waals surface area contributed by atoms with Crippen molar-refractivity contribution >= 4 is 40.0 Å². The number of carbonyl (C=O) groups is 1. The van der Waals surface area contributed by atoms with Gasteiger partial charge in [0, 0.05) is 29.9 Å². The van der Waals surface area contributed by atoms with Gasteiger partial charge in [0.2, 0.25) is 0 Å². The third-order valence-corrected chi connectivity index (χ3v) is 7.12. The van der Waals surface area contributed by atoms with E-state index < -0.39 is 11.9 Å². The molecule has 0 saturated carbocycles. The van der Waals surface area contributed by atoms with Gasteiger partial charge >= 0.3 is 6.09 Å². The maximum atomic E-state index is 14.8. The van der Waals surface area contributed by atoms with Gasteiger partial charge in [0.15, 0.2) is 11.5 Å². The Morgan fingerprint density at radius 2 is 2.02 bits per heavy atom. The number of aromatic nitrogens is 1. The molecule has 2 heterocycles. The van der Waals surface area contributed by atoms with Crippen LogP contribution in [-0.2, 0) is 17.9 Å². The molecule has 4 aromatic rings. The molecule has 1 aliphatic rings. The van der Waals surface area contributed by atoms with Crippen molar-refractivity contribution in [1.82, 2.24) is 9.88 Å². The Bertz CT molecular complexity index is 1610. The zero-order valence-electron chi connectivity index (χ0n) is 22.5. The summed E-state index contributed by atoms with van der Waals surface area (Å²) in [6.45, 7) is 0.986. The SMILES string of the molecule is COc1cc2ncc(C#N)c3c2cc1OCCCCCN(C(=O)OCc1ccccc1)Cc1cc(F)c(Cl)cc1N3. The normalized spacial score (nSPS) is 13.7. The Morgan fingerprint density at radius 1 is 1.20 bits per heavy atom. The summed E-state index contributed by atoms with van der Waals surface area (Å²) < 4.78 is 32.0. The molecule has 3 aromatic carbocycles. The molecule has 210 valence electrons. The fourth-order valence-electron chi connectivity index (χ4n) is 4.68. The van der Waals surface area contributed by atoms with E-state index in [0.29, 0.717) is 58.9 Å². The Labute approximate surface area is 242 Å². The summed E-state index contributed by atoms with van der Waals surface area (Å²) in [5, 5.41) is 13.7. The van der Waals surface area contributed by atoms with Crippen molar-refractivity contribution in [2.75, 3.05) is 25.6 Å².